The van der Waals surface area contributed by atoms with E-state index in [1.165, 1.54) is 42.7 Å². The van der Waals surface area contributed by atoms with Gasteiger partial charge in [0, 0.05) is 28.6 Å². The minimum atomic E-state index is -0.578. The molecule has 142 valence electrons. The molecule has 1 N–H and O–H groups in total. The van der Waals surface area contributed by atoms with Crippen LogP contribution in [-0.2, 0) is 4.74 Å². The van der Waals surface area contributed by atoms with Crippen LogP contribution < -0.4 is 5.32 Å². The van der Waals surface area contributed by atoms with E-state index < -0.39 is 16.8 Å². The van der Waals surface area contributed by atoms with Gasteiger partial charge in [0.25, 0.3) is 11.6 Å². The van der Waals surface area contributed by atoms with Crippen molar-refractivity contribution in [2.24, 2.45) is 0 Å². The molecule has 0 bridgehead atoms. The number of aryl methyl sites for hydroxylation is 1. The molecule has 0 saturated carbocycles. The summed E-state index contributed by atoms with van der Waals surface area (Å²) >= 11 is 1.19. The van der Waals surface area contributed by atoms with Crippen molar-refractivity contribution >= 4 is 33.9 Å². The quantitative estimate of drug-likeness (QED) is 0.384. The topological polar surface area (TPSA) is 98.5 Å². The Labute approximate surface area is 164 Å². The molecule has 1 amide bonds. The van der Waals surface area contributed by atoms with E-state index in [9.17, 15) is 19.7 Å². The predicted octanol–water partition coefficient (Wildman–Crippen LogP) is 4.67. The summed E-state index contributed by atoms with van der Waals surface area (Å²) < 4.78 is 4.89. The Morgan fingerprint density at radius 1 is 1.14 bits per heavy atom. The number of amides is 1. The van der Waals surface area contributed by atoms with E-state index in [0.717, 1.165) is 11.1 Å². The second kappa shape index (κ2) is 8.01. The van der Waals surface area contributed by atoms with Crippen LogP contribution in [0.1, 0.15) is 26.3 Å². The normalized spacial score (nSPS) is 10.4. The van der Waals surface area contributed by atoms with Gasteiger partial charge in [-0.25, -0.2) is 4.79 Å². The minimum absolute atomic E-state index is 0.121. The first-order valence-corrected chi connectivity index (χ1v) is 9.11. The minimum Gasteiger partial charge on any atom is -0.465 e. The number of non-ortho nitro benzene ring substituents is 1. The van der Waals surface area contributed by atoms with Crippen molar-refractivity contribution in [1.82, 2.24) is 0 Å². The summed E-state index contributed by atoms with van der Waals surface area (Å²) in [6.45, 7) is 1.96. The molecule has 2 aromatic carbocycles. The van der Waals surface area contributed by atoms with E-state index in [1.54, 1.807) is 5.38 Å². The lowest BCUT2D eigenvalue weighted by Gasteiger charge is -2.08. The number of hydrogen-bond acceptors (Lipinski definition) is 6. The number of anilines is 1. The molecule has 0 aliphatic carbocycles. The summed E-state index contributed by atoms with van der Waals surface area (Å²) in [7, 11) is 1.27. The molecular formula is C20H16N2O5S. The van der Waals surface area contributed by atoms with E-state index in [-0.39, 0.29) is 16.8 Å². The smallest absolute Gasteiger partial charge is 0.341 e. The van der Waals surface area contributed by atoms with Crippen molar-refractivity contribution in [3.8, 4) is 11.1 Å². The van der Waals surface area contributed by atoms with Crippen LogP contribution in [0.4, 0.5) is 10.7 Å². The zero-order chi connectivity index (χ0) is 20.3. The zero-order valence-electron chi connectivity index (χ0n) is 15.1. The highest BCUT2D eigenvalue weighted by Crippen LogP contribution is 2.36. The Bertz CT molecular complexity index is 1060. The average Bonchev–Trinajstić information content (AvgIpc) is 3.11. The van der Waals surface area contributed by atoms with Crippen LogP contribution in [0.15, 0.2) is 53.9 Å². The number of carbonyl (C=O) groups excluding carboxylic acids is 2. The number of ether oxygens (including phenoxy) is 1. The number of esters is 1. The number of nitro benzene ring substituents is 1. The van der Waals surface area contributed by atoms with Gasteiger partial charge < -0.3 is 10.1 Å². The van der Waals surface area contributed by atoms with Gasteiger partial charge in [-0.15, -0.1) is 11.3 Å². The van der Waals surface area contributed by atoms with Gasteiger partial charge in [-0.05, 0) is 18.6 Å². The van der Waals surface area contributed by atoms with Gasteiger partial charge in [-0.3, -0.25) is 14.9 Å². The summed E-state index contributed by atoms with van der Waals surface area (Å²) in [6.07, 6.45) is 0. The Morgan fingerprint density at radius 3 is 2.50 bits per heavy atom. The largest absolute Gasteiger partial charge is 0.465 e. The molecule has 0 aliphatic heterocycles. The molecule has 0 fully saturated rings. The summed E-state index contributed by atoms with van der Waals surface area (Å²) in [4.78, 5) is 35.3. The van der Waals surface area contributed by atoms with E-state index in [0.29, 0.717) is 10.6 Å². The summed E-state index contributed by atoms with van der Waals surface area (Å²) in [6, 6.07) is 13.0. The first kappa shape index (κ1) is 19.2. The monoisotopic (exact) mass is 396 g/mol. The molecule has 0 spiro atoms. The average molecular weight is 396 g/mol. The van der Waals surface area contributed by atoms with Crippen LogP contribution in [0.3, 0.4) is 0 Å². The maximum atomic E-state index is 12.6. The Balaban J connectivity index is 1.97. The summed E-state index contributed by atoms with van der Waals surface area (Å²) in [5, 5.41) is 15.7. The van der Waals surface area contributed by atoms with Crippen LogP contribution in [0.25, 0.3) is 11.1 Å². The van der Waals surface area contributed by atoms with Gasteiger partial charge in [0.15, 0.2) is 0 Å². The van der Waals surface area contributed by atoms with Crippen LogP contribution in [0.2, 0.25) is 0 Å². The molecule has 0 radical (unpaired) electrons. The van der Waals surface area contributed by atoms with Crippen molar-refractivity contribution in [3.05, 3.63) is 80.7 Å². The molecule has 8 heteroatoms. The Kier molecular flexibility index (Phi) is 5.51. The van der Waals surface area contributed by atoms with E-state index in [1.807, 2.05) is 31.2 Å². The molecule has 0 saturated heterocycles. The molecule has 0 aliphatic rings. The number of rotatable bonds is 5. The van der Waals surface area contributed by atoms with Crippen molar-refractivity contribution in [1.29, 1.82) is 0 Å². The van der Waals surface area contributed by atoms with Crippen molar-refractivity contribution in [2.45, 2.75) is 6.92 Å². The maximum absolute atomic E-state index is 12.6. The molecular weight excluding hydrogens is 380 g/mol. The SMILES string of the molecule is COC(=O)c1c(-c2ccc(C)cc2)csc1NC(=O)c1cccc([N+](=O)[O-])c1. The number of benzene rings is 2. The van der Waals surface area contributed by atoms with Crippen LogP contribution in [-0.4, -0.2) is 23.9 Å². The first-order valence-electron chi connectivity index (χ1n) is 8.23. The molecule has 3 aromatic rings. The van der Waals surface area contributed by atoms with Crippen LogP contribution in [0, 0.1) is 17.0 Å². The van der Waals surface area contributed by atoms with E-state index in [2.05, 4.69) is 5.32 Å². The lowest BCUT2D eigenvalue weighted by molar-refractivity contribution is -0.384. The van der Waals surface area contributed by atoms with Crippen molar-refractivity contribution in [2.75, 3.05) is 12.4 Å². The van der Waals surface area contributed by atoms with Crippen molar-refractivity contribution < 1.29 is 19.2 Å². The molecule has 0 unspecified atom stereocenters. The number of methoxy groups -OCH3 is 1. The second-order valence-corrected chi connectivity index (χ2v) is 6.85. The lowest BCUT2D eigenvalue weighted by atomic mass is 10.0. The maximum Gasteiger partial charge on any atom is 0.341 e. The fourth-order valence-electron chi connectivity index (χ4n) is 2.64. The highest BCUT2D eigenvalue weighted by molar-refractivity contribution is 7.15. The second-order valence-electron chi connectivity index (χ2n) is 5.97. The highest BCUT2D eigenvalue weighted by Gasteiger charge is 2.23. The number of nitrogens with one attached hydrogen (secondary N) is 1. The molecule has 1 aromatic heterocycles. The highest BCUT2D eigenvalue weighted by atomic mass is 32.1. The standard InChI is InChI=1S/C20H16N2O5S/c1-12-6-8-13(9-7-12)16-11-28-19(17(16)20(24)27-2)21-18(23)14-4-3-5-15(10-14)22(25)26/h3-11H,1-2H3,(H,21,23). The number of hydrogen-bond donors (Lipinski definition) is 1. The fraction of sp³-hybridized carbons (Fsp3) is 0.100. The van der Waals surface area contributed by atoms with Gasteiger partial charge >= 0.3 is 5.97 Å². The number of carbonyl (C=O) groups is 2. The number of nitrogens with zero attached hydrogens (tertiary/aromatic N) is 1. The van der Waals surface area contributed by atoms with Gasteiger partial charge in [0.1, 0.15) is 10.6 Å². The molecule has 7 nitrogen and oxygen atoms in total. The Morgan fingerprint density at radius 2 is 1.86 bits per heavy atom. The van der Waals surface area contributed by atoms with Crippen LogP contribution in [0.5, 0.6) is 0 Å². The van der Waals surface area contributed by atoms with E-state index >= 15 is 0 Å². The van der Waals surface area contributed by atoms with Gasteiger partial charge in [-0.1, -0.05) is 35.9 Å². The van der Waals surface area contributed by atoms with E-state index in [4.69, 9.17) is 4.74 Å². The molecule has 3 rings (SSSR count). The molecule has 1 heterocycles. The third kappa shape index (κ3) is 3.91. The molecule has 0 atom stereocenters. The third-order valence-electron chi connectivity index (χ3n) is 4.09. The number of nitro groups is 1. The third-order valence-corrected chi connectivity index (χ3v) is 4.98. The van der Waals surface area contributed by atoms with Crippen LogP contribution >= 0.6 is 11.3 Å². The first-order chi connectivity index (χ1) is 13.4. The van der Waals surface area contributed by atoms with Gasteiger partial charge in [0.05, 0.1) is 12.0 Å². The summed E-state index contributed by atoms with van der Waals surface area (Å²) in [5.74, 6) is -1.13. The summed E-state index contributed by atoms with van der Waals surface area (Å²) in [5.41, 5.74) is 2.72. The zero-order valence-corrected chi connectivity index (χ0v) is 15.9. The van der Waals surface area contributed by atoms with Gasteiger partial charge in [0.2, 0.25) is 0 Å². The number of thiophene rings is 1. The van der Waals surface area contributed by atoms with Gasteiger partial charge in [-0.2, -0.15) is 0 Å². The Hall–Kier alpha value is -3.52. The predicted molar refractivity (Wildman–Crippen MR) is 107 cm³/mol. The van der Waals surface area contributed by atoms with Crippen molar-refractivity contribution in [3.63, 3.8) is 0 Å². The lowest BCUT2D eigenvalue weighted by Crippen LogP contribution is -2.14. The molecule has 28 heavy (non-hydrogen) atoms. The fourth-order valence-corrected chi connectivity index (χ4v) is 3.59.